The van der Waals surface area contributed by atoms with Crippen LogP contribution in [0.3, 0.4) is 0 Å². The van der Waals surface area contributed by atoms with Crippen LogP contribution in [0.4, 0.5) is 5.69 Å². The zero-order valence-corrected chi connectivity index (χ0v) is 22.2. The maximum atomic E-state index is 12.5. The third-order valence-corrected chi connectivity index (χ3v) is 5.36. The van der Waals surface area contributed by atoms with Gasteiger partial charge in [-0.2, -0.15) is 0 Å². The van der Waals surface area contributed by atoms with Crippen molar-refractivity contribution in [2.45, 2.75) is 77.2 Å². The van der Waals surface area contributed by atoms with Crippen molar-refractivity contribution >= 4 is 17.6 Å². The van der Waals surface area contributed by atoms with Gasteiger partial charge in [-0.3, -0.25) is 4.79 Å². The number of rotatable bonds is 16. The van der Waals surface area contributed by atoms with Gasteiger partial charge in [-0.15, -0.1) is 0 Å². The van der Waals surface area contributed by atoms with Crippen molar-refractivity contribution in [3.63, 3.8) is 0 Å². The van der Waals surface area contributed by atoms with Gasteiger partial charge in [-0.1, -0.05) is 19.9 Å². The minimum atomic E-state index is -1.86. The van der Waals surface area contributed by atoms with E-state index in [1.54, 1.807) is 12.1 Å². The summed E-state index contributed by atoms with van der Waals surface area (Å²) in [5.74, 6) is -2.00. The number of carbonyl (C=O) groups excluding carboxylic acids is 1. The smallest absolute Gasteiger partial charge is 0.335 e. The molecule has 2 rings (SSSR count). The van der Waals surface area contributed by atoms with Gasteiger partial charge in [-0.05, 0) is 31.5 Å². The molecule has 0 bridgehead atoms. The summed E-state index contributed by atoms with van der Waals surface area (Å²) in [6.07, 6.45) is -8.94. The van der Waals surface area contributed by atoms with Gasteiger partial charge in [0.2, 0.25) is 12.2 Å². The zero-order chi connectivity index (χ0) is 28.2. The second-order valence-electron chi connectivity index (χ2n) is 9.37. The van der Waals surface area contributed by atoms with E-state index in [0.29, 0.717) is 31.4 Å². The fourth-order valence-corrected chi connectivity index (χ4v) is 3.40. The summed E-state index contributed by atoms with van der Waals surface area (Å²) in [6.45, 7) is 9.56. The molecule has 0 saturated carbocycles. The molecule has 0 aromatic heterocycles. The molecule has 1 amide bonds. The maximum Gasteiger partial charge on any atom is 0.335 e. The summed E-state index contributed by atoms with van der Waals surface area (Å²) in [4.78, 5) is 23.9. The Morgan fingerprint density at radius 3 is 2.37 bits per heavy atom. The number of hydrogen-bond acceptors (Lipinski definition) is 11. The summed E-state index contributed by atoms with van der Waals surface area (Å²) in [7, 11) is 0. The molecule has 1 aromatic rings. The lowest BCUT2D eigenvalue weighted by Crippen LogP contribution is -2.61. The number of carboxylic acid groups (broad SMARTS) is 1. The molecule has 216 valence electrons. The third-order valence-electron chi connectivity index (χ3n) is 5.36. The summed E-state index contributed by atoms with van der Waals surface area (Å²) in [6, 6.07) is 5.10. The van der Waals surface area contributed by atoms with E-state index in [0.717, 1.165) is 0 Å². The normalized spacial score (nSPS) is 23.6. The molecule has 0 aliphatic carbocycles. The SMILES string of the molecule is CC(C)NCCOCCOCC(=O)Nc1cc(COC(C)C)ccc1O[C@@H]1O[C@H](C(=O)O)[C@@H](O)[C@H](O)[C@H]1O. The maximum absolute atomic E-state index is 12.5. The Morgan fingerprint density at radius 1 is 1.00 bits per heavy atom. The highest BCUT2D eigenvalue weighted by molar-refractivity contribution is 5.93. The number of aliphatic hydroxyl groups is 3. The molecule has 13 heteroatoms. The van der Waals surface area contributed by atoms with Crippen LogP contribution in [0.1, 0.15) is 33.3 Å². The van der Waals surface area contributed by atoms with Crippen molar-refractivity contribution in [3.8, 4) is 5.75 Å². The van der Waals surface area contributed by atoms with E-state index in [-0.39, 0.29) is 37.4 Å². The molecule has 1 aliphatic rings. The predicted octanol–water partition coefficient (Wildman–Crippen LogP) is -0.148. The van der Waals surface area contributed by atoms with Crippen LogP contribution in [0.15, 0.2) is 18.2 Å². The Kier molecular flexibility index (Phi) is 13.3. The molecule has 1 saturated heterocycles. The minimum absolute atomic E-state index is 0.0319. The minimum Gasteiger partial charge on any atom is -0.479 e. The van der Waals surface area contributed by atoms with Crippen molar-refractivity contribution in [1.29, 1.82) is 0 Å². The van der Waals surface area contributed by atoms with Crippen LogP contribution in [0, 0.1) is 0 Å². The first kappa shape index (κ1) is 31.9. The molecule has 13 nitrogen and oxygen atoms in total. The highest BCUT2D eigenvalue weighted by Gasteiger charge is 2.48. The zero-order valence-electron chi connectivity index (χ0n) is 22.2. The van der Waals surface area contributed by atoms with E-state index in [4.69, 9.17) is 23.7 Å². The molecule has 0 unspecified atom stereocenters. The largest absolute Gasteiger partial charge is 0.479 e. The standard InChI is InChI=1S/C25H40N2O11/c1-14(2)26-7-8-34-9-10-35-13-19(28)27-17-11-16(12-36-15(3)4)5-6-18(17)37-25-22(31)20(29)21(30)23(38-25)24(32)33/h5-6,11,14-15,20-23,25-26,29-31H,7-10,12-13H2,1-4H3,(H,27,28)(H,32,33)/t20-,21-,22+,23-,25+/m0/s1. The number of carboxylic acids is 1. The highest BCUT2D eigenvalue weighted by Crippen LogP contribution is 2.31. The monoisotopic (exact) mass is 544 g/mol. The van der Waals surface area contributed by atoms with Crippen LogP contribution >= 0.6 is 0 Å². The quantitative estimate of drug-likeness (QED) is 0.152. The van der Waals surface area contributed by atoms with Gasteiger partial charge in [0.1, 0.15) is 30.7 Å². The van der Waals surface area contributed by atoms with Crippen LogP contribution in [0.5, 0.6) is 5.75 Å². The second kappa shape index (κ2) is 15.9. The van der Waals surface area contributed by atoms with Gasteiger partial charge in [0.05, 0.1) is 38.2 Å². The molecule has 6 N–H and O–H groups in total. The van der Waals surface area contributed by atoms with E-state index in [1.807, 2.05) is 27.7 Å². The molecule has 38 heavy (non-hydrogen) atoms. The molecular formula is C25H40N2O11. The first-order chi connectivity index (χ1) is 18.0. The van der Waals surface area contributed by atoms with Gasteiger partial charge in [-0.25, -0.2) is 4.79 Å². The number of hydrogen-bond donors (Lipinski definition) is 6. The first-order valence-electron chi connectivity index (χ1n) is 12.5. The molecule has 0 radical (unpaired) electrons. The summed E-state index contributed by atoms with van der Waals surface area (Å²) < 4.78 is 27.2. The lowest BCUT2D eigenvalue weighted by molar-refractivity contribution is -0.271. The Balaban J connectivity index is 2.02. The van der Waals surface area contributed by atoms with Gasteiger partial charge in [0, 0.05) is 12.6 Å². The average Bonchev–Trinajstić information content (AvgIpc) is 2.85. The average molecular weight is 545 g/mol. The van der Waals surface area contributed by atoms with E-state index >= 15 is 0 Å². The summed E-state index contributed by atoms with van der Waals surface area (Å²) in [5, 5.41) is 45.4. The third kappa shape index (κ3) is 10.4. The predicted molar refractivity (Wildman–Crippen MR) is 135 cm³/mol. The van der Waals surface area contributed by atoms with Crippen molar-refractivity contribution < 1.29 is 53.7 Å². The summed E-state index contributed by atoms with van der Waals surface area (Å²) in [5.41, 5.74) is 0.886. The fraction of sp³-hybridized carbons (Fsp3) is 0.680. The Hall–Kier alpha value is -2.36. The second-order valence-corrected chi connectivity index (χ2v) is 9.37. The van der Waals surface area contributed by atoms with E-state index in [1.165, 1.54) is 6.07 Å². The van der Waals surface area contributed by atoms with Gasteiger partial charge in [0.25, 0.3) is 0 Å². The van der Waals surface area contributed by atoms with Crippen LogP contribution in [0.2, 0.25) is 0 Å². The van der Waals surface area contributed by atoms with E-state index < -0.39 is 42.6 Å². The Morgan fingerprint density at radius 2 is 1.71 bits per heavy atom. The van der Waals surface area contributed by atoms with Gasteiger partial charge >= 0.3 is 5.97 Å². The van der Waals surface area contributed by atoms with Crippen molar-refractivity contribution in [2.24, 2.45) is 0 Å². The van der Waals surface area contributed by atoms with Crippen LogP contribution in [-0.2, 0) is 35.1 Å². The molecule has 1 fully saturated rings. The number of nitrogens with one attached hydrogen (secondary N) is 2. The number of aliphatic hydroxyl groups excluding tert-OH is 3. The van der Waals surface area contributed by atoms with Crippen molar-refractivity contribution in [3.05, 3.63) is 23.8 Å². The number of amides is 1. The van der Waals surface area contributed by atoms with E-state index in [9.17, 15) is 30.0 Å². The Labute approximate surface area is 222 Å². The van der Waals surface area contributed by atoms with Crippen molar-refractivity contribution in [1.82, 2.24) is 5.32 Å². The Bertz CT molecular complexity index is 883. The van der Waals surface area contributed by atoms with Crippen LogP contribution in [-0.4, -0.2) is 108 Å². The lowest BCUT2D eigenvalue weighted by atomic mass is 9.99. The lowest BCUT2D eigenvalue weighted by Gasteiger charge is -2.38. The first-order valence-corrected chi connectivity index (χ1v) is 12.5. The highest BCUT2D eigenvalue weighted by atomic mass is 16.7. The van der Waals surface area contributed by atoms with Crippen LogP contribution < -0.4 is 15.4 Å². The number of benzene rings is 1. The van der Waals surface area contributed by atoms with Gasteiger partial charge in [0.15, 0.2) is 6.10 Å². The molecule has 5 atom stereocenters. The molecule has 1 aromatic carbocycles. The number of carbonyl (C=O) groups is 2. The van der Waals surface area contributed by atoms with E-state index in [2.05, 4.69) is 10.6 Å². The number of anilines is 1. The molecular weight excluding hydrogens is 504 g/mol. The number of aliphatic carboxylic acids is 1. The topological polar surface area (TPSA) is 185 Å². The summed E-state index contributed by atoms with van der Waals surface area (Å²) >= 11 is 0. The molecule has 0 spiro atoms. The van der Waals surface area contributed by atoms with Crippen molar-refractivity contribution in [2.75, 3.05) is 38.3 Å². The molecule has 1 aliphatic heterocycles. The van der Waals surface area contributed by atoms with Crippen LogP contribution in [0.25, 0.3) is 0 Å². The van der Waals surface area contributed by atoms with Gasteiger partial charge < -0.3 is 54.7 Å². The molecule has 1 heterocycles. The fourth-order valence-electron chi connectivity index (χ4n) is 3.40. The number of ether oxygens (including phenoxy) is 5.